The van der Waals surface area contributed by atoms with Gasteiger partial charge >= 0.3 is 0 Å². The third-order valence-corrected chi connectivity index (χ3v) is 3.09. The normalized spacial score (nSPS) is 10.5. The Kier molecular flexibility index (Phi) is 4.15. The monoisotopic (exact) mass is 255 g/mol. The second-order valence-corrected chi connectivity index (χ2v) is 4.35. The molecule has 0 atom stereocenters. The van der Waals surface area contributed by atoms with Gasteiger partial charge in [-0.2, -0.15) is 0 Å². The van der Waals surface area contributed by atoms with Gasteiger partial charge in [0.05, 0.1) is 23.1 Å². The van der Waals surface area contributed by atoms with E-state index in [0.717, 1.165) is 29.7 Å². The Morgan fingerprint density at radius 1 is 1.16 bits per heavy atom. The van der Waals surface area contributed by atoms with Gasteiger partial charge in [-0.3, -0.25) is 4.98 Å². The van der Waals surface area contributed by atoms with Crippen molar-refractivity contribution in [3.63, 3.8) is 0 Å². The van der Waals surface area contributed by atoms with Crippen LogP contribution in [0.4, 0.5) is 0 Å². The van der Waals surface area contributed by atoms with Gasteiger partial charge < -0.3 is 4.57 Å². The van der Waals surface area contributed by atoms with Gasteiger partial charge in [-0.05, 0) is 19.4 Å². The molecule has 3 aromatic rings. The lowest BCUT2D eigenvalue weighted by Gasteiger charge is -2.06. The van der Waals surface area contributed by atoms with E-state index in [4.69, 9.17) is 0 Å². The quantitative estimate of drug-likeness (QED) is 0.682. The molecule has 0 radical (unpaired) electrons. The Labute approximate surface area is 114 Å². The van der Waals surface area contributed by atoms with Crippen molar-refractivity contribution in [3.8, 4) is 0 Å². The molecule has 0 unspecified atom stereocenters. The van der Waals surface area contributed by atoms with Crippen LogP contribution in [0.5, 0.6) is 0 Å². The van der Waals surface area contributed by atoms with E-state index in [2.05, 4.69) is 39.7 Å². The third kappa shape index (κ3) is 2.33. The first kappa shape index (κ1) is 13.5. The Balaban J connectivity index is 0.000000637. The van der Waals surface area contributed by atoms with Crippen LogP contribution in [0.1, 0.15) is 32.9 Å². The molecule has 0 aliphatic carbocycles. The zero-order valence-corrected chi connectivity index (χ0v) is 12.1. The van der Waals surface area contributed by atoms with Gasteiger partial charge in [0, 0.05) is 11.9 Å². The first-order valence-electron chi connectivity index (χ1n) is 7.01. The molecular weight excluding hydrogens is 234 g/mol. The Morgan fingerprint density at radius 2 is 1.89 bits per heavy atom. The minimum Gasteiger partial charge on any atom is -0.330 e. The van der Waals surface area contributed by atoms with Crippen LogP contribution in [0.3, 0.4) is 0 Å². The molecule has 2 heterocycles. The molecule has 0 aliphatic heterocycles. The SMILES string of the molecule is CC.CCCn1cnc2c(C)nc3ccccc3c21. The summed E-state index contributed by atoms with van der Waals surface area (Å²) < 4.78 is 2.23. The fourth-order valence-corrected chi connectivity index (χ4v) is 2.34. The van der Waals surface area contributed by atoms with Crippen molar-refractivity contribution in [3.05, 3.63) is 36.3 Å². The molecule has 19 heavy (non-hydrogen) atoms. The van der Waals surface area contributed by atoms with Crippen LogP contribution in [0.2, 0.25) is 0 Å². The minimum atomic E-state index is 1.00. The zero-order valence-electron chi connectivity index (χ0n) is 12.1. The summed E-state index contributed by atoms with van der Waals surface area (Å²) in [5.74, 6) is 0. The van der Waals surface area contributed by atoms with Crippen LogP contribution >= 0.6 is 0 Å². The number of pyridine rings is 1. The number of hydrogen-bond donors (Lipinski definition) is 0. The van der Waals surface area contributed by atoms with Crippen LogP contribution in [-0.4, -0.2) is 14.5 Å². The standard InChI is InChI=1S/C14H15N3.C2H6/c1-3-8-17-9-15-13-10(2)16-12-7-5-4-6-11(12)14(13)17;1-2/h4-7,9H,3,8H2,1-2H3;1-2H3. The Bertz CT molecular complexity index is 683. The molecule has 0 saturated carbocycles. The maximum atomic E-state index is 4.60. The zero-order chi connectivity index (χ0) is 13.8. The van der Waals surface area contributed by atoms with Crippen LogP contribution in [0.15, 0.2) is 30.6 Å². The topological polar surface area (TPSA) is 30.7 Å². The van der Waals surface area contributed by atoms with E-state index in [9.17, 15) is 0 Å². The Hall–Kier alpha value is -1.90. The fourth-order valence-electron chi connectivity index (χ4n) is 2.34. The molecule has 0 aliphatic rings. The predicted octanol–water partition coefficient (Wildman–Crippen LogP) is 4.33. The van der Waals surface area contributed by atoms with Gasteiger partial charge in [0.1, 0.15) is 5.52 Å². The predicted molar refractivity (Wildman–Crippen MR) is 81.4 cm³/mol. The summed E-state index contributed by atoms with van der Waals surface area (Å²) in [6.07, 6.45) is 3.04. The van der Waals surface area contributed by atoms with Crippen molar-refractivity contribution in [1.29, 1.82) is 0 Å². The van der Waals surface area contributed by atoms with Crippen LogP contribution < -0.4 is 0 Å². The van der Waals surface area contributed by atoms with Crippen molar-refractivity contribution >= 4 is 21.9 Å². The number of nitrogens with zero attached hydrogens (tertiary/aromatic N) is 3. The van der Waals surface area contributed by atoms with Gasteiger partial charge in [-0.25, -0.2) is 4.98 Å². The summed E-state index contributed by atoms with van der Waals surface area (Å²) in [5.41, 5.74) is 4.30. The molecule has 3 rings (SSSR count). The maximum Gasteiger partial charge on any atom is 0.110 e. The summed E-state index contributed by atoms with van der Waals surface area (Å²) in [6, 6.07) is 8.27. The van der Waals surface area contributed by atoms with Crippen molar-refractivity contribution in [2.75, 3.05) is 0 Å². The lowest BCUT2D eigenvalue weighted by atomic mass is 10.1. The number of aryl methyl sites for hydroxylation is 2. The molecular formula is C16H21N3. The van der Waals surface area contributed by atoms with E-state index >= 15 is 0 Å². The average Bonchev–Trinajstić information content (AvgIpc) is 2.87. The van der Waals surface area contributed by atoms with Gasteiger partial charge in [0.2, 0.25) is 0 Å². The minimum absolute atomic E-state index is 1.00. The molecule has 3 heteroatoms. The molecule has 0 fully saturated rings. The summed E-state index contributed by atoms with van der Waals surface area (Å²) in [6.45, 7) is 9.21. The fraction of sp³-hybridized carbons (Fsp3) is 0.375. The highest BCUT2D eigenvalue weighted by Gasteiger charge is 2.10. The summed E-state index contributed by atoms with van der Waals surface area (Å²) in [5, 5.41) is 1.19. The van der Waals surface area contributed by atoms with Gasteiger partial charge in [-0.1, -0.05) is 39.0 Å². The smallest absolute Gasteiger partial charge is 0.110 e. The number of benzene rings is 1. The van der Waals surface area contributed by atoms with E-state index in [1.807, 2.05) is 33.2 Å². The summed E-state index contributed by atoms with van der Waals surface area (Å²) in [4.78, 5) is 9.09. The molecule has 0 amide bonds. The van der Waals surface area contributed by atoms with E-state index < -0.39 is 0 Å². The number of para-hydroxylation sites is 1. The van der Waals surface area contributed by atoms with Gasteiger partial charge in [-0.15, -0.1) is 0 Å². The van der Waals surface area contributed by atoms with E-state index in [0.29, 0.717) is 0 Å². The number of fused-ring (bicyclic) bond motifs is 3. The Morgan fingerprint density at radius 3 is 2.63 bits per heavy atom. The first-order valence-corrected chi connectivity index (χ1v) is 7.01. The number of rotatable bonds is 2. The molecule has 100 valence electrons. The largest absolute Gasteiger partial charge is 0.330 e. The average molecular weight is 255 g/mol. The maximum absolute atomic E-state index is 4.60. The van der Waals surface area contributed by atoms with Crippen molar-refractivity contribution in [1.82, 2.24) is 14.5 Å². The van der Waals surface area contributed by atoms with Crippen LogP contribution in [0.25, 0.3) is 21.9 Å². The lowest BCUT2D eigenvalue weighted by molar-refractivity contribution is 0.698. The highest BCUT2D eigenvalue weighted by molar-refractivity contribution is 6.03. The first-order chi connectivity index (χ1) is 9.31. The molecule has 3 nitrogen and oxygen atoms in total. The lowest BCUT2D eigenvalue weighted by Crippen LogP contribution is -1.96. The summed E-state index contributed by atoms with van der Waals surface area (Å²) in [7, 11) is 0. The highest BCUT2D eigenvalue weighted by atomic mass is 15.0. The van der Waals surface area contributed by atoms with Crippen molar-refractivity contribution in [2.24, 2.45) is 0 Å². The molecule has 2 aromatic heterocycles. The number of imidazole rings is 1. The third-order valence-electron chi connectivity index (χ3n) is 3.09. The van der Waals surface area contributed by atoms with Gasteiger partial charge in [0.25, 0.3) is 0 Å². The summed E-state index contributed by atoms with van der Waals surface area (Å²) >= 11 is 0. The molecule has 0 saturated heterocycles. The van der Waals surface area contributed by atoms with Crippen LogP contribution in [0, 0.1) is 6.92 Å². The van der Waals surface area contributed by atoms with Gasteiger partial charge in [0.15, 0.2) is 0 Å². The molecule has 0 N–H and O–H groups in total. The van der Waals surface area contributed by atoms with E-state index in [1.165, 1.54) is 10.9 Å². The van der Waals surface area contributed by atoms with Crippen molar-refractivity contribution in [2.45, 2.75) is 40.7 Å². The number of aromatic nitrogens is 3. The molecule has 1 aromatic carbocycles. The molecule has 0 bridgehead atoms. The second-order valence-electron chi connectivity index (χ2n) is 4.35. The van der Waals surface area contributed by atoms with E-state index in [1.54, 1.807) is 0 Å². The van der Waals surface area contributed by atoms with Crippen molar-refractivity contribution < 1.29 is 0 Å². The van der Waals surface area contributed by atoms with E-state index in [-0.39, 0.29) is 0 Å². The number of hydrogen-bond acceptors (Lipinski definition) is 2. The molecule has 0 spiro atoms. The highest BCUT2D eigenvalue weighted by Crippen LogP contribution is 2.25. The van der Waals surface area contributed by atoms with Crippen LogP contribution in [-0.2, 0) is 6.54 Å². The second kappa shape index (κ2) is 5.83.